The molecule has 4 heteroatoms. The summed E-state index contributed by atoms with van der Waals surface area (Å²) in [5.41, 5.74) is 8.68. The Labute approximate surface area is 196 Å². The van der Waals surface area contributed by atoms with Crippen molar-refractivity contribution in [3.8, 4) is 0 Å². The van der Waals surface area contributed by atoms with E-state index < -0.39 is 5.41 Å². The number of amides is 1. The number of nitrogens with zero attached hydrogens (tertiary/aromatic N) is 1. The molecule has 3 nitrogen and oxygen atoms in total. The number of primary amides is 1. The number of likely N-dealkylation sites (N-methyl/N-ethyl adjacent to an activating group) is 1. The normalized spacial score (nSPS) is 18.7. The van der Waals surface area contributed by atoms with Gasteiger partial charge in [0.15, 0.2) is 0 Å². The molecule has 1 saturated carbocycles. The molecule has 2 atom stereocenters. The van der Waals surface area contributed by atoms with E-state index in [2.05, 4.69) is 48.3 Å². The van der Waals surface area contributed by atoms with Crippen LogP contribution in [0.25, 0.3) is 0 Å². The lowest BCUT2D eigenvalue weighted by Crippen LogP contribution is -2.48. The van der Waals surface area contributed by atoms with Crippen LogP contribution in [0.3, 0.4) is 0 Å². The molecule has 2 N–H and O–H groups in total. The van der Waals surface area contributed by atoms with Crippen molar-refractivity contribution in [2.45, 2.75) is 37.1 Å². The summed E-state index contributed by atoms with van der Waals surface area (Å²) in [6.45, 7) is 0.971. The Morgan fingerprint density at radius 3 is 2.03 bits per heavy atom. The quantitative estimate of drug-likeness (QED) is 0.499. The molecule has 2 unspecified atom stereocenters. The van der Waals surface area contributed by atoms with Crippen LogP contribution in [0.1, 0.15) is 36.0 Å². The van der Waals surface area contributed by atoms with Gasteiger partial charge in [-0.25, -0.2) is 0 Å². The lowest BCUT2D eigenvalue weighted by Gasteiger charge is -2.38. The first-order valence-corrected chi connectivity index (χ1v) is 11.7. The fourth-order valence-electron chi connectivity index (χ4n) is 5.42. The predicted octanol–water partition coefficient (Wildman–Crippen LogP) is 5.45. The predicted molar refractivity (Wildman–Crippen MR) is 132 cm³/mol. The summed E-state index contributed by atoms with van der Waals surface area (Å²) in [4.78, 5) is 15.7. The number of benzene rings is 3. The smallest absolute Gasteiger partial charge is 0.232 e. The van der Waals surface area contributed by atoms with Crippen molar-refractivity contribution in [1.82, 2.24) is 4.90 Å². The third-order valence-electron chi connectivity index (χ3n) is 7.15. The van der Waals surface area contributed by atoms with E-state index in [1.165, 1.54) is 5.56 Å². The van der Waals surface area contributed by atoms with Crippen LogP contribution in [0.15, 0.2) is 84.9 Å². The van der Waals surface area contributed by atoms with Crippen LogP contribution in [-0.2, 0) is 16.6 Å². The van der Waals surface area contributed by atoms with Gasteiger partial charge in [-0.15, -0.1) is 0 Å². The van der Waals surface area contributed by atoms with Gasteiger partial charge in [-0.3, -0.25) is 4.79 Å². The maximum Gasteiger partial charge on any atom is 0.232 e. The minimum absolute atomic E-state index is 0.160. The maximum absolute atomic E-state index is 13.2. The lowest BCUT2D eigenvalue weighted by molar-refractivity contribution is -0.123. The molecule has 1 amide bonds. The van der Waals surface area contributed by atoms with E-state index in [4.69, 9.17) is 17.3 Å². The van der Waals surface area contributed by atoms with Crippen molar-refractivity contribution >= 4 is 17.5 Å². The standard InChI is InChI=1S/C28H31ClN2O/c1-31(19-18-21-12-15-25(29)16-13-21)26-17-14-24(20-26)28(27(30)32,22-8-4-2-5-9-22)23-10-6-3-7-11-23/h2-13,15-16,24,26H,14,17-20H2,1H3,(H2,30,32). The van der Waals surface area contributed by atoms with E-state index >= 15 is 0 Å². The molecule has 1 aliphatic rings. The highest BCUT2D eigenvalue weighted by atomic mass is 35.5. The Morgan fingerprint density at radius 2 is 1.50 bits per heavy atom. The van der Waals surface area contributed by atoms with Gasteiger partial charge in [0.05, 0.1) is 0 Å². The minimum atomic E-state index is -0.811. The molecule has 0 heterocycles. The van der Waals surface area contributed by atoms with E-state index in [1.807, 2.05) is 48.5 Å². The Bertz CT molecular complexity index is 981. The van der Waals surface area contributed by atoms with Gasteiger partial charge >= 0.3 is 0 Å². The number of carbonyl (C=O) groups excluding carboxylic acids is 1. The monoisotopic (exact) mass is 446 g/mol. The van der Waals surface area contributed by atoms with Crippen molar-refractivity contribution in [3.05, 3.63) is 107 Å². The summed E-state index contributed by atoms with van der Waals surface area (Å²) < 4.78 is 0. The average Bonchev–Trinajstić information content (AvgIpc) is 3.31. The molecule has 4 rings (SSSR count). The Morgan fingerprint density at radius 1 is 0.938 bits per heavy atom. The van der Waals surface area contributed by atoms with Gasteiger partial charge < -0.3 is 10.6 Å². The third-order valence-corrected chi connectivity index (χ3v) is 7.41. The van der Waals surface area contributed by atoms with Crippen LogP contribution < -0.4 is 5.73 Å². The van der Waals surface area contributed by atoms with Crippen LogP contribution in [0.4, 0.5) is 0 Å². The van der Waals surface area contributed by atoms with Gasteiger partial charge in [-0.2, -0.15) is 0 Å². The summed E-state index contributed by atoms with van der Waals surface area (Å²) in [7, 11) is 2.19. The first-order valence-electron chi connectivity index (χ1n) is 11.4. The highest BCUT2D eigenvalue weighted by Crippen LogP contribution is 2.47. The summed E-state index contributed by atoms with van der Waals surface area (Å²) in [6.07, 6.45) is 3.97. The SMILES string of the molecule is CN(CCc1ccc(Cl)cc1)C1CCC(C(C(N)=O)(c2ccccc2)c2ccccc2)C1. The number of hydrogen-bond donors (Lipinski definition) is 1. The molecule has 166 valence electrons. The van der Waals surface area contributed by atoms with Gasteiger partial charge in [-0.05, 0) is 67.5 Å². The summed E-state index contributed by atoms with van der Waals surface area (Å²) in [5.74, 6) is -0.0999. The molecule has 1 fully saturated rings. The van der Waals surface area contributed by atoms with E-state index in [-0.39, 0.29) is 11.8 Å². The molecule has 0 bridgehead atoms. The van der Waals surface area contributed by atoms with Crippen LogP contribution in [0.5, 0.6) is 0 Å². The molecule has 1 aliphatic carbocycles. The number of hydrogen-bond acceptors (Lipinski definition) is 2. The van der Waals surface area contributed by atoms with Gasteiger partial charge in [0.25, 0.3) is 0 Å². The summed E-state index contributed by atoms with van der Waals surface area (Å²) in [6, 6.07) is 28.7. The largest absolute Gasteiger partial charge is 0.369 e. The van der Waals surface area contributed by atoms with Crippen LogP contribution in [0, 0.1) is 5.92 Å². The van der Waals surface area contributed by atoms with E-state index in [0.717, 1.165) is 48.4 Å². The van der Waals surface area contributed by atoms with Crippen molar-refractivity contribution in [2.24, 2.45) is 11.7 Å². The first kappa shape index (κ1) is 22.6. The van der Waals surface area contributed by atoms with Gasteiger partial charge in [0, 0.05) is 17.6 Å². The fraction of sp³-hybridized carbons (Fsp3) is 0.321. The fourth-order valence-corrected chi connectivity index (χ4v) is 5.54. The van der Waals surface area contributed by atoms with E-state index in [9.17, 15) is 4.79 Å². The Kier molecular flexibility index (Phi) is 6.98. The zero-order valence-corrected chi connectivity index (χ0v) is 19.3. The Hall–Kier alpha value is -2.62. The molecule has 32 heavy (non-hydrogen) atoms. The second-order valence-electron chi connectivity index (χ2n) is 8.93. The number of halogens is 1. The van der Waals surface area contributed by atoms with Crippen molar-refractivity contribution < 1.29 is 4.79 Å². The maximum atomic E-state index is 13.2. The molecular weight excluding hydrogens is 416 g/mol. The molecule has 0 saturated heterocycles. The zero-order valence-electron chi connectivity index (χ0n) is 18.6. The number of rotatable bonds is 8. The van der Waals surface area contributed by atoms with Crippen molar-refractivity contribution in [1.29, 1.82) is 0 Å². The summed E-state index contributed by atoms with van der Waals surface area (Å²) in [5, 5.41) is 0.769. The number of nitrogens with two attached hydrogens (primary N) is 1. The highest BCUT2D eigenvalue weighted by molar-refractivity contribution is 6.30. The van der Waals surface area contributed by atoms with Crippen LogP contribution in [-0.4, -0.2) is 30.4 Å². The molecule has 0 aliphatic heterocycles. The van der Waals surface area contributed by atoms with Crippen molar-refractivity contribution in [2.75, 3.05) is 13.6 Å². The third kappa shape index (κ3) is 4.46. The average molecular weight is 447 g/mol. The molecule has 0 spiro atoms. The molecule has 3 aromatic rings. The number of carbonyl (C=O) groups is 1. The topological polar surface area (TPSA) is 46.3 Å². The van der Waals surface area contributed by atoms with Crippen LogP contribution >= 0.6 is 11.6 Å². The second-order valence-corrected chi connectivity index (χ2v) is 9.36. The second kappa shape index (κ2) is 9.89. The summed E-state index contributed by atoms with van der Waals surface area (Å²) >= 11 is 6.02. The van der Waals surface area contributed by atoms with Crippen molar-refractivity contribution in [3.63, 3.8) is 0 Å². The minimum Gasteiger partial charge on any atom is -0.369 e. The first-order chi connectivity index (χ1) is 15.5. The van der Waals surface area contributed by atoms with E-state index in [1.54, 1.807) is 0 Å². The lowest BCUT2D eigenvalue weighted by atomic mass is 9.64. The molecule has 3 aromatic carbocycles. The van der Waals surface area contributed by atoms with E-state index in [0.29, 0.717) is 6.04 Å². The zero-order chi connectivity index (χ0) is 22.6. The molecule has 0 radical (unpaired) electrons. The van der Waals surface area contributed by atoms with Crippen LogP contribution in [0.2, 0.25) is 5.02 Å². The molecule has 0 aromatic heterocycles. The van der Waals surface area contributed by atoms with Gasteiger partial charge in [0.1, 0.15) is 5.41 Å². The van der Waals surface area contributed by atoms with Gasteiger partial charge in [0.2, 0.25) is 5.91 Å². The molecular formula is C28H31ClN2O. The Balaban J connectivity index is 1.57. The van der Waals surface area contributed by atoms with Gasteiger partial charge in [-0.1, -0.05) is 84.4 Å². The highest BCUT2D eigenvalue weighted by Gasteiger charge is 2.50.